The first kappa shape index (κ1) is 21.1. The van der Waals surface area contributed by atoms with Gasteiger partial charge in [0.25, 0.3) is 0 Å². The predicted octanol–water partition coefficient (Wildman–Crippen LogP) is 3.52. The van der Waals surface area contributed by atoms with E-state index in [9.17, 15) is 17.9 Å². The number of aliphatic hydroxyl groups is 1. The van der Waals surface area contributed by atoms with Gasteiger partial charge in [0, 0.05) is 21.8 Å². The second-order valence-electron chi connectivity index (χ2n) is 8.18. The number of para-hydroxylation sites is 1. The Morgan fingerprint density at radius 3 is 2.50 bits per heavy atom. The summed E-state index contributed by atoms with van der Waals surface area (Å²) in [4.78, 5) is 0.129. The highest BCUT2D eigenvalue weighted by Gasteiger charge is 2.37. The molecule has 0 bridgehead atoms. The minimum absolute atomic E-state index is 0.0501. The van der Waals surface area contributed by atoms with Crippen LogP contribution in [0.15, 0.2) is 71.6 Å². The number of hydrogen-bond acceptors (Lipinski definition) is 4. The Bertz CT molecular complexity index is 1400. The molecule has 5 rings (SSSR count). The van der Waals surface area contributed by atoms with Gasteiger partial charge in [-0.1, -0.05) is 35.9 Å². The summed E-state index contributed by atoms with van der Waals surface area (Å²) in [6.45, 7) is 2.13. The van der Waals surface area contributed by atoms with Crippen LogP contribution in [0, 0.1) is 12.7 Å². The Balaban J connectivity index is 1.53. The summed E-state index contributed by atoms with van der Waals surface area (Å²) in [6, 6.07) is 17.2. The molecule has 1 aliphatic heterocycles. The number of fused-ring (bicyclic) bond motifs is 3. The number of nitrogens with zero attached hydrogens (tertiary/aromatic N) is 1. The first-order valence-corrected chi connectivity index (χ1v) is 11.9. The molecule has 1 fully saturated rings. The maximum absolute atomic E-state index is 14.0. The fourth-order valence-electron chi connectivity index (χ4n) is 4.43. The molecule has 0 aliphatic carbocycles. The largest absolute Gasteiger partial charge is 0.389 e. The van der Waals surface area contributed by atoms with Gasteiger partial charge in [-0.15, -0.1) is 0 Å². The minimum Gasteiger partial charge on any atom is -0.389 e. The Labute approximate surface area is 185 Å². The van der Waals surface area contributed by atoms with Crippen molar-refractivity contribution in [2.45, 2.75) is 30.0 Å². The van der Waals surface area contributed by atoms with Crippen molar-refractivity contribution in [3.63, 3.8) is 0 Å². The number of hydrogen-bond donors (Lipinski definition) is 2. The van der Waals surface area contributed by atoms with E-state index in [1.54, 1.807) is 18.2 Å². The fourth-order valence-corrected chi connectivity index (χ4v) is 5.67. The van der Waals surface area contributed by atoms with Crippen LogP contribution in [0.5, 0.6) is 0 Å². The SMILES string of the molecule is Cc1ccc(S(=O)(=O)N[C@@H]2COC[C@H](n3c4ccccc4c4cc(F)ccc43)[C@H]2O)cc1. The number of sulfonamides is 1. The molecule has 0 spiro atoms. The van der Waals surface area contributed by atoms with Gasteiger partial charge >= 0.3 is 0 Å². The third-order valence-electron chi connectivity index (χ3n) is 6.03. The zero-order valence-corrected chi connectivity index (χ0v) is 18.2. The van der Waals surface area contributed by atoms with E-state index < -0.39 is 28.2 Å². The van der Waals surface area contributed by atoms with Crippen LogP contribution in [-0.2, 0) is 14.8 Å². The second kappa shape index (κ2) is 7.97. The Kier molecular flexibility index (Phi) is 5.25. The number of aliphatic hydroxyl groups excluding tert-OH is 1. The number of rotatable bonds is 4. The summed E-state index contributed by atoms with van der Waals surface area (Å²) in [5, 5.41) is 12.8. The van der Waals surface area contributed by atoms with Crippen LogP contribution in [0.3, 0.4) is 0 Å². The Hall–Kier alpha value is -2.78. The molecule has 2 N–H and O–H groups in total. The van der Waals surface area contributed by atoms with Gasteiger partial charge in [-0.2, -0.15) is 0 Å². The van der Waals surface area contributed by atoms with Crippen LogP contribution < -0.4 is 4.72 Å². The molecule has 6 nitrogen and oxygen atoms in total. The fraction of sp³-hybridized carbons (Fsp3) is 0.250. The maximum Gasteiger partial charge on any atom is 0.240 e. The number of aryl methyl sites for hydroxylation is 1. The Morgan fingerprint density at radius 2 is 1.72 bits per heavy atom. The molecule has 8 heteroatoms. The lowest BCUT2D eigenvalue weighted by molar-refractivity contribution is -0.0461. The summed E-state index contributed by atoms with van der Waals surface area (Å²) < 4.78 is 50.0. The van der Waals surface area contributed by atoms with Crippen LogP contribution in [0.25, 0.3) is 21.8 Å². The second-order valence-corrected chi connectivity index (χ2v) is 9.90. The van der Waals surface area contributed by atoms with Crippen LogP contribution in [-0.4, -0.2) is 43.5 Å². The van der Waals surface area contributed by atoms with E-state index in [0.29, 0.717) is 0 Å². The summed E-state index contributed by atoms with van der Waals surface area (Å²) in [7, 11) is -3.84. The third-order valence-corrected chi connectivity index (χ3v) is 7.54. The highest BCUT2D eigenvalue weighted by Crippen LogP contribution is 2.35. The predicted molar refractivity (Wildman–Crippen MR) is 121 cm³/mol. The molecule has 4 aromatic rings. The molecule has 0 saturated carbocycles. The van der Waals surface area contributed by atoms with Crippen molar-refractivity contribution in [3.05, 3.63) is 78.1 Å². The van der Waals surface area contributed by atoms with E-state index in [0.717, 1.165) is 27.4 Å². The summed E-state index contributed by atoms with van der Waals surface area (Å²) in [6.07, 6.45) is -1.05. The summed E-state index contributed by atoms with van der Waals surface area (Å²) in [5.74, 6) is -0.343. The average molecular weight is 455 g/mol. The average Bonchev–Trinajstić information content (AvgIpc) is 3.09. The number of ether oxygens (including phenoxy) is 1. The van der Waals surface area contributed by atoms with Crippen molar-refractivity contribution in [3.8, 4) is 0 Å². The van der Waals surface area contributed by atoms with Crippen LogP contribution in [0.1, 0.15) is 11.6 Å². The van der Waals surface area contributed by atoms with E-state index in [1.807, 2.05) is 35.8 Å². The Morgan fingerprint density at radius 1 is 1.00 bits per heavy atom. The lowest BCUT2D eigenvalue weighted by Crippen LogP contribution is -2.53. The first-order chi connectivity index (χ1) is 15.3. The van der Waals surface area contributed by atoms with Gasteiger partial charge in [-0.05, 0) is 43.3 Å². The first-order valence-electron chi connectivity index (χ1n) is 10.4. The third kappa shape index (κ3) is 3.59. The van der Waals surface area contributed by atoms with Crippen LogP contribution in [0.2, 0.25) is 0 Å². The van der Waals surface area contributed by atoms with Crippen LogP contribution in [0.4, 0.5) is 4.39 Å². The highest BCUT2D eigenvalue weighted by atomic mass is 32.2. The van der Waals surface area contributed by atoms with Crippen molar-refractivity contribution >= 4 is 31.8 Å². The number of benzene rings is 3. The van der Waals surface area contributed by atoms with E-state index in [1.165, 1.54) is 24.3 Å². The topological polar surface area (TPSA) is 80.6 Å². The molecule has 3 atom stereocenters. The molecule has 0 radical (unpaired) electrons. The number of halogens is 1. The molecule has 0 unspecified atom stereocenters. The zero-order valence-electron chi connectivity index (χ0n) is 17.4. The molecule has 2 heterocycles. The molecular weight excluding hydrogens is 431 g/mol. The van der Waals surface area contributed by atoms with Gasteiger partial charge in [0.05, 0.1) is 36.3 Å². The molecule has 166 valence electrons. The molecule has 1 aromatic heterocycles. The quantitative estimate of drug-likeness (QED) is 0.495. The zero-order chi connectivity index (χ0) is 22.5. The summed E-state index contributed by atoms with van der Waals surface area (Å²) >= 11 is 0. The lowest BCUT2D eigenvalue weighted by atomic mass is 10.0. The standard InChI is InChI=1S/C24H23FN2O4S/c1-15-6-9-17(10-7-15)32(29,30)26-20-13-31-14-23(24(20)28)27-21-5-3-2-4-18(21)19-12-16(25)8-11-22(19)27/h2-12,20,23-24,26,28H,13-14H2,1H3/t20-,23+,24+/m1/s1. The normalized spacial score (nSPS) is 21.9. The van der Waals surface area contributed by atoms with Gasteiger partial charge in [0.2, 0.25) is 10.0 Å². The molecule has 1 aliphatic rings. The molecule has 3 aromatic carbocycles. The number of aromatic nitrogens is 1. The molecule has 32 heavy (non-hydrogen) atoms. The molecule has 0 amide bonds. The molecular formula is C24H23FN2O4S. The van der Waals surface area contributed by atoms with E-state index in [4.69, 9.17) is 4.74 Å². The molecule has 1 saturated heterocycles. The van der Waals surface area contributed by atoms with Gasteiger partial charge in [-0.3, -0.25) is 0 Å². The van der Waals surface area contributed by atoms with Crippen LogP contribution >= 0.6 is 0 Å². The summed E-state index contributed by atoms with van der Waals surface area (Å²) in [5.41, 5.74) is 2.53. The minimum atomic E-state index is -3.84. The van der Waals surface area contributed by atoms with E-state index >= 15 is 0 Å². The highest BCUT2D eigenvalue weighted by molar-refractivity contribution is 7.89. The number of nitrogens with one attached hydrogen (secondary N) is 1. The van der Waals surface area contributed by atoms with Crippen molar-refractivity contribution < 1.29 is 22.7 Å². The van der Waals surface area contributed by atoms with Gasteiger partial charge < -0.3 is 14.4 Å². The van der Waals surface area contributed by atoms with Crippen molar-refractivity contribution in [1.29, 1.82) is 0 Å². The maximum atomic E-state index is 14.0. The monoisotopic (exact) mass is 454 g/mol. The van der Waals surface area contributed by atoms with Crippen molar-refractivity contribution in [2.24, 2.45) is 0 Å². The van der Waals surface area contributed by atoms with Crippen molar-refractivity contribution in [1.82, 2.24) is 9.29 Å². The lowest BCUT2D eigenvalue weighted by Gasteiger charge is -2.36. The van der Waals surface area contributed by atoms with Gasteiger partial charge in [0.1, 0.15) is 5.82 Å². The van der Waals surface area contributed by atoms with E-state index in [2.05, 4.69) is 4.72 Å². The van der Waals surface area contributed by atoms with Gasteiger partial charge in [0.15, 0.2) is 0 Å². The van der Waals surface area contributed by atoms with Gasteiger partial charge in [-0.25, -0.2) is 17.5 Å². The smallest absolute Gasteiger partial charge is 0.240 e. The van der Waals surface area contributed by atoms with Crippen molar-refractivity contribution in [2.75, 3.05) is 13.2 Å². The van der Waals surface area contributed by atoms with E-state index in [-0.39, 0.29) is 23.9 Å².